The molecular weight excluding hydrogens is 364 g/mol. The molecule has 0 aliphatic carbocycles. The number of aromatic nitrogens is 4. The number of aromatic amines is 1. The van der Waals surface area contributed by atoms with E-state index in [0.717, 1.165) is 29.3 Å². The summed E-state index contributed by atoms with van der Waals surface area (Å²) in [6.45, 7) is 5.76. The lowest BCUT2D eigenvalue weighted by atomic mass is 9.73. The predicted molar refractivity (Wildman–Crippen MR) is 112 cm³/mol. The van der Waals surface area contributed by atoms with Crippen LogP contribution in [0.4, 0.5) is 5.82 Å². The molecule has 0 radical (unpaired) electrons. The molecule has 1 aliphatic heterocycles. The lowest BCUT2D eigenvalue weighted by Crippen LogP contribution is -2.65. The van der Waals surface area contributed by atoms with Gasteiger partial charge in [0.25, 0.3) is 0 Å². The Morgan fingerprint density at radius 3 is 2.72 bits per heavy atom. The van der Waals surface area contributed by atoms with Crippen LogP contribution >= 0.6 is 0 Å². The number of hydrogen-bond donors (Lipinski definition) is 2. The van der Waals surface area contributed by atoms with Gasteiger partial charge in [-0.3, -0.25) is 9.78 Å². The highest BCUT2D eigenvalue weighted by Gasteiger charge is 2.50. The molecule has 0 saturated carbocycles. The van der Waals surface area contributed by atoms with E-state index in [4.69, 9.17) is 0 Å². The Labute approximate surface area is 170 Å². The summed E-state index contributed by atoms with van der Waals surface area (Å²) in [6, 6.07) is 10.2. The number of carbonyl (C=O) groups excluding carboxylic acids is 1. The topological polar surface area (TPSA) is 86.8 Å². The quantitative estimate of drug-likeness (QED) is 0.646. The maximum atomic E-state index is 13.2. The van der Waals surface area contributed by atoms with E-state index >= 15 is 0 Å². The smallest absolute Gasteiger partial charge is 0.230 e. The van der Waals surface area contributed by atoms with E-state index in [-0.39, 0.29) is 5.91 Å². The third kappa shape index (κ3) is 4.13. The highest BCUT2D eigenvalue weighted by atomic mass is 16.2. The van der Waals surface area contributed by atoms with Gasteiger partial charge in [-0.25, -0.2) is 9.97 Å². The van der Waals surface area contributed by atoms with E-state index in [9.17, 15) is 4.79 Å². The van der Waals surface area contributed by atoms with Gasteiger partial charge in [-0.1, -0.05) is 30.3 Å². The number of benzene rings is 1. The largest absolute Gasteiger partial charge is 0.355 e. The lowest BCUT2D eigenvalue weighted by molar-refractivity contribution is -0.132. The number of imidazole rings is 1. The summed E-state index contributed by atoms with van der Waals surface area (Å²) in [5.41, 5.74) is 3.50. The van der Waals surface area contributed by atoms with Crippen LogP contribution in [-0.2, 0) is 17.6 Å². The fourth-order valence-electron chi connectivity index (χ4n) is 3.90. The van der Waals surface area contributed by atoms with E-state index in [0.29, 0.717) is 26.1 Å². The summed E-state index contributed by atoms with van der Waals surface area (Å²) < 4.78 is 0. The van der Waals surface area contributed by atoms with Crippen LogP contribution in [0.3, 0.4) is 0 Å². The predicted octanol–water partition coefficient (Wildman–Crippen LogP) is 2.22. The van der Waals surface area contributed by atoms with Gasteiger partial charge in [-0.2, -0.15) is 0 Å². The van der Waals surface area contributed by atoms with Crippen LogP contribution < -0.4 is 10.2 Å². The molecule has 1 aromatic carbocycles. The van der Waals surface area contributed by atoms with Crippen molar-refractivity contribution in [1.82, 2.24) is 25.3 Å². The zero-order valence-electron chi connectivity index (χ0n) is 16.9. The minimum Gasteiger partial charge on any atom is -0.355 e. The number of hydrogen-bond acceptors (Lipinski definition) is 5. The lowest BCUT2D eigenvalue weighted by Gasteiger charge is -2.50. The van der Waals surface area contributed by atoms with Crippen molar-refractivity contribution >= 4 is 11.7 Å². The van der Waals surface area contributed by atoms with E-state index in [1.165, 1.54) is 5.56 Å². The van der Waals surface area contributed by atoms with E-state index in [1.807, 2.05) is 32.0 Å². The molecule has 2 aromatic heterocycles. The van der Waals surface area contributed by atoms with Crippen LogP contribution in [-0.4, -0.2) is 45.5 Å². The second kappa shape index (κ2) is 8.03. The Hall–Kier alpha value is -3.22. The Kier molecular flexibility index (Phi) is 5.29. The van der Waals surface area contributed by atoms with Crippen LogP contribution in [0.5, 0.6) is 0 Å². The molecule has 7 heteroatoms. The van der Waals surface area contributed by atoms with Crippen LogP contribution in [0.15, 0.2) is 49.1 Å². The number of anilines is 1. The fourth-order valence-corrected chi connectivity index (χ4v) is 3.90. The van der Waals surface area contributed by atoms with Crippen molar-refractivity contribution in [3.63, 3.8) is 0 Å². The van der Waals surface area contributed by atoms with Crippen LogP contribution in [0.25, 0.3) is 0 Å². The van der Waals surface area contributed by atoms with Crippen molar-refractivity contribution in [3.8, 4) is 0 Å². The summed E-state index contributed by atoms with van der Waals surface area (Å²) in [7, 11) is 0. The highest BCUT2D eigenvalue weighted by molar-refractivity contribution is 5.86. The first-order chi connectivity index (χ1) is 14.1. The molecule has 0 unspecified atom stereocenters. The van der Waals surface area contributed by atoms with Gasteiger partial charge in [-0.05, 0) is 25.8 Å². The first-order valence-corrected chi connectivity index (χ1v) is 9.90. The fraction of sp³-hybridized carbons (Fsp3) is 0.364. The van der Waals surface area contributed by atoms with E-state index in [1.54, 1.807) is 18.7 Å². The van der Waals surface area contributed by atoms with Gasteiger partial charge >= 0.3 is 0 Å². The number of aryl methyl sites for hydroxylation is 2. The van der Waals surface area contributed by atoms with Gasteiger partial charge in [0.15, 0.2) is 0 Å². The zero-order valence-corrected chi connectivity index (χ0v) is 16.9. The molecule has 4 rings (SSSR count). The molecule has 7 nitrogen and oxygen atoms in total. The van der Waals surface area contributed by atoms with Crippen molar-refractivity contribution in [3.05, 3.63) is 71.7 Å². The van der Waals surface area contributed by atoms with Crippen LogP contribution in [0.2, 0.25) is 0 Å². The first kappa shape index (κ1) is 19.1. The molecule has 1 fully saturated rings. The van der Waals surface area contributed by atoms with E-state index < -0.39 is 5.41 Å². The second-order valence-corrected chi connectivity index (χ2v) is 7.80. The monoisotopic (exact) mass is 390 g/mol. The summed E-state index contributed by atoms with van der Waals surface area (Å²) >= 11 is 0. The summed E-state index contributed by atoms with van der Waals surface area (Å²) in [4.78, 5) is 31.5. The standard InChI is InChI=1S/C22H26N6O/c1-16-11-25-17(2)20(27-16)28-13-22(14-28,10-18-6-4-3-5-7-18)21(29)24-9-8-19-12-23-15-26-19/h3-7,11-12,15H,8-10,13-14H2,1-2H3,(H,23,26)(H,24,29). The highest BCUT2D eigenvalue weighted by Crippen LogP contribution is 2.38. The van der Waals surface area contributed by atoms with Crippen molar-refractivity contribution in [2.24, 2.45) is 5.41 Å². The molecule has 1 aliphatic rings. The minimum atomic E-state index is -0.465. The van der Waals surface area contributed by atoms with Crippen molar-refractivity contribution < 1.29 is 4.79 Å². The van der Waals surface area contributed by atoms with Gasteiger partial charge in [0.1, 0.15) is 5.82 Å². The van der Waals surface area contributed by atoms with Gasteiger partial charge in [-0.15, -0.1) is 0 Å². The van der Waals surface area contributed by atoms with Crippen LogP contribution in [0.1, 0.15) is 22.6 Å². The molecule has 2 N–H and O–H groups in total. The van der Waals surface area contributed by atoms with Gasteiger partial charge in [0.05, 0.1) is 23.1 Å². The summed E-state index contributed by atoms with van der Waals surface area (Å²) in [5, 5.41) is 3.13. The number of H-pyrrole nitrogens is 1. The maximum absolute atomic E-state index is 13.2. The Bertz CT molecular complexity index is 964. The van der Waals surface area contributed by atoms with Crippen molar-refractivity contribution in [1.29, 1.82) is 0 Å². The maximum Gasteiger partial charge on any atom is 0.230 e. The van der Waals surface area contributed by atoms with Gasteiger partial charge in [0.2, 0.25) is 5.91 Å². The zero-order chi connectivity index (χ0) is 20.3. The number of nitrogens with zero attached hydrogens (tertiary/aromatic N) is 4. The average molecular weight is 390 g/mol. The molecule has 1 saturated heterocycles. The summed E-state index contributed by atoms with van der Waals surface area (Å²) in [6.07, 6.45) is 6.66. The number of nitrogens with one attached hydrogen (secondary N) is 2. The average Bonchev–Trinajstić information content (AvgIpc) is 3.21. The molecule has 3 aromatic rings. The second-order valence-electron chi connectivity index (χ2n) is 7.80. The Morgan fingerprint density at radius 1 is 1.21 bits per heavy atom. The molecule has 29 heavy (non-hydrogen) atoms. The molecule has 3 heterocycles. The van der Waals surface area contributed by atoms with Crippen molar-refractivity contribution in [2.45, 2.75) is 26.7 Å². The summed E-state index contributed by atoms with van der Waals surface area (Å²) in [5.74, 6) is 0.967. The first-order valence-electron chi connectivity index (χ1n) is 9.90. The van der Waals surface area contributed by atoms with Crippen LogP contribution in [0, 0.1) is 19.3 Å². The molecule has 1 amide bonds. The van der Waals surface area contributed by atoms with Crippen molar-refractivity contribution in [2.75, 3.05) is 24.5 Å². The van der Waals surface area contributed by atoms with Gasteiger partial charge < -0.3 is 15.2 Å². The van der Waals surface area contributed by atoms with Gasteiger partial charge in [0, 0.05) is 44.1 Å². The number of rotatable bonds is 7. The Balaban J connectivity index is 1.48. The minimum absolute atomic E-state index is 0.0929. The molecule has 0 bridgehead atoms. The number of amides is 1. The Morgan fingerprint density at radius 2 is 2.00 bits per heavy atom. The molecule has 0 atom stereocenters. The molecule has 0 spiro atoms. The molecule has 150 valence electrons. The third-order valence-electron chi connectivity index (χ3n) is 5.44. The molecular formula is C22H26N6O. The third-order valence-corrected chi connectivity index (χ3v) is 5.44. The number of carbonyl (C=O) groups is 1. The SMILES string of the molecule is Cc1cnc(C)c(N2CC(Cc3ccccc3)(C(=O)NCCc3cnc[nH]3)C2)n1. The van der Waals surface area contributed by atoms with E-state index in [2.05, 4.69) is 42.3 Å². The normalized spacial score (nSPS) is 15.0.